The number of rotatable bonds is 1. The Morgan fingerprint density at radius 3 is 2.62 bits per heavy atom. The van der Waals surface area contributed by atoms with Crippen molar-refractivity contribution < 1.29 is 4.39 Å². The third-order valence-corrected chi connectivity index (χ3v) is 2.67. The molecule has 2 nitrogen and oxygen atoms in total. The van der Waals surface area contributed by atoms with Gasteiger partial charge in [-0.25, -0.2) is 4.98 Å². The first kappa shape index (κ1) is 11.2. The molecular weight excluding hydrogens is 250 g/mol. The highest BCUT2D eigenvalue weighted by Crippen LogP contribution is 2.31. The number of nitrogen functional groups attached to an aromatic ring is 1. The summed E-state index contributed by atoms with van der Waals surface area (Å²) in [6.45, 7) is 0. The monoisotopic (exact) mass is 256 g/mol. The van der Waals surface area contributed by atoms with E-state index in [9.17, 15) is 4.39 Å². The van der Waals surface area contributed by atoms with Crippen LogP contribution in [-0.4, -0.2) is 4.98 Å². The fourth-order valence-electron chi connectivity index (χ4n) is 1.33. The molecule has 0 aliphatic carbocycles. The maximum Gasteiger partial charge on any atom is 0.236 e. The van der Waals surface area contributed by atoms with Gasteiger partial charge < -0.3 is 5.73 Å². The molecule has 0 saturated carbocycles. The van der Waals surface area contributed by atoms with Crippen LogP contribution in [0.3, 0.4) is 0 Å². The molecule has 2 aromatic rings. The molecule has 0 unspecified atom stereocenters. The predicted octanol–water partition coefficient (Wildman–Crippen LogP) is 3.78. The zero-order valence-electron chi connectivity index (χ0n) is 8.05. The summed E-state index contributed by atoms with van der Waals surface area (Å²) in [5, 5.41) is 1.06. The van der Waals surface area contributed by atoms with Crippen molar-refractivity contribution in [2.75, 3.05) is 5.73 Å². The second-order valence-corrected chi connectivity index (χ2v) is 4.07. The molecule has 5 heteroatoms. The Balaban J connectivity index is 2.58. The zero-order valence-corrected chi connectivity index (χ0v) is 9.56. The second-order valence-electron chi connectivity index (χ2n) is 3.23. The summed E-state index contributed by atoms with van der Waals surface area (Å²) in [4.78, 5) is 3.53. The Labute approximate surface area is 102 Å². The molecule has 0 radical (unpaired) electrons. The van der Waals surface area contributed by atoms with Gasteiger partial charge in [0.05, 0.1) is 5.69 Å². The van der Waals surface area contributed by atoms with Crippen LogP contribution in [-0.2, 0) is 0 Å². The van der Waals surface area contributed by atoms with Crippen molar-refractivity contribution >= 4 is 28.9 Å². The molecule has 0 saturated heterocycles. The number of hydrogen-bond acceptors (Lipinski definition) is 2. The van der Waals surface area contributed by atoms with E-state index in [0.717, 1.165) is 0 Å². The minimum absolute atomic E-state index is 0.0199. The van der Waals surface area contributed by atoms with Crippen molar-refractivity contribution in [3.05, 3.63) is 46.5 Å². The van der Waals surface area contributed by atoms with E-state index in [0.29, 0.717) is 21.2 Å². The van der Waals surface area contributed by atoms with Crippen LogP contribution in [0.5, 0.6) is 0 Å². The topological polar surface area (TPSA) is 38.9 Å². The third-order valence-electron chi connectivity index (χ3n) is 2.11. The lowest BCUT2D eigenvalue weighted by molar-refractivity contribution is 0.589. The normalized spacial score (nSPS) is 10.4. The van der Waals surface area contributed by atoms with E-state index in [-0.39, 0.29) is 5.69 Å². The molecule has 2 N–H and O–H groups in total. The highest BCUT2D eigenvalue weighted by molar-refractivity contribution is 6.35. The summed E-state index contributed by atoms with van der Waals surface area (Å²) < 4.78 is 12.9. The molecule has 0 fully saturated rings. The summed E-state index contributed by atoms with van der Waals surface area (Å²) in [6.07, 6.45) is 1.36. The molecule has 0 atom stereocenters. The van der Waals surface area contributed by atoms with E-state index >= 15 is 0 Å². The second kappa shape index (κ2) is 4.28. The van der Waals surface area contributed by atoms with Gasteiger partial charge in [0.25, 0.3) is 0 Å². The van der Waals surface area contributed by atoms with E-state index in [1.807, 2.05) is 0 Å². The fraction of sp³-hybridized carbons (Fsp3) is 0. The number of hydrogen-bond donors (Lipinski definition) is 1. The largest absolute Gasteiger partial charge is 0.395 e. The molecule has 0 bridgehead atoms. The summed E-state index contributed by atoms with van der Waals surface area (Å²) in [7, 11) is 0. The van der Waals surface area contributed by atoms with Crippen LogP contribution in [0, 0.1) is 5.95 Å². The molecule has 0 amide bonds. The summed E-state index contributed by atoms with van der Waals surface area (Å²) in [6, 6.07) is 6.49. The first-order valence-corrected chi connectivity index (χ1v) is 5.20. The van der Waals surface area contributed by atoms with Gasteiger partial charge in [-0.1, -0.05) is 23.2 Å². The predicted molar refractivity (Wildman–Crippen MR) is 64.1 cm³/mol. The number of halogens is 3. The number of benzene rings is 1. The first-order chi connectivity index (χ1) is 7.58. The smallest absolute Gasteiger partial charge is 0.236 e. The molecule has 0 aliphatic rings. The van der Waals surface area contributed by atoms with Crippen molar-refractivity contribution in [2.24, 2.45) is 0 Å². The fourth-order valence-corrected chi connectivity index (χ4v) is 1.73. The molecule has 0 aliphatic heterocycles. The number of nitrogens with zero attached hydrogens (tertiary/aromatic N) is 1. The van der Waals surface area contributed by atoms with Crippen LogP contribution < -0.4 is 5.73 Å². The van der Waals surface area contributed by atoms with Crippen molar-refractivity contribution in [3.63, 3.8) is 0 Å². The van der Waals surface area contributed by atoms with Crippen LogP contribution in [0.2, 0.25) is 10.0 Å². The van der Waals surface area contributed by atoms with Gasteiger partial charge in [-0.3, -0.25) is 0 Å². The van der Waals surface area contributed by atoms with Gasteiger partial charge in [-0.15, -0.1) is 0 Å². The lowest BCUT2D eigenvalue weighted by Gasteiger charge is -2.05. The van der Waals surface area contributed by atoms with Gasteiger partial charge in [0.15, 0.2) is 0 Å². The maximum atomic E-state index is 12.9. The number of nitrogens with two attached hydrogens (primary N) is 1. The summed E-state index contributed by atoms with van der Waals surface area (Å²) in [5.74, 6) is -0.693. The van der Waals surface area contributed by atoms with E-state index in [1.165, 1.54) is 12.3 Å². The Morgan fingerprint density at radius 2 is 1.94 bits per heavy atom. The van der Waals surface area contributed by atoms with E-state index in [4.69, 9.17) is 28.9 Å². The lowest BCUT2D eigenvalue weighted by Crippen LogP contribution is -1.94. The first-order valence-electron chi connectivity index (χ1n) is 4.44. The van der Waals surface area contributed by atoms with Gasteiger partial charge in [-0.2, -0.15) is 4.39 Å². The van der Waals surface area contributed by atoms with Gasteiger partial charge in [0, 0.05) is 27.4 Å². The highest BCUT2D eigenvalue weighted by atomic mass is 35.5. The van der Waals surface area contributed by atoms with Crippen LogP contribution in [0.1, 0.15) is 0 Å². The van der Waals surface area contributed by atoms with Crippen molar-refractivity contribution in [1.82, 2.24) is 4.98 Å². The molecule has 82 valence electrons. The third kappa shape index (κ3) is 2.10. The average molecular weight is 257 g/mol. The molecule has 1 aromatic carbocycles. The van der Waals surface area contributed by atoms with Crippen molar-refractivity contribution in [2.45, 2.75) is 0 Å². The van der Waals surface area contributed by atoms with Gasteiger partial charge in [-0.05, 0) is 24.3 Å². The molecule has 2 rings (SSSR count). The molecular formula is C11H7Cl2FN2. The lowest BCUT2D eigenvalue weighted by atomic mass is 10.1. The van der Waals surface area contributed by atoms with E-state index in [1.54, 1.807) is 18.2 Å². The van der Waals surface area contributed by atoms with Gasteiger partial charge in [0.1, 0.15) is 0 Å². The van der Waals surface area contributed by atoms with E-state index in [2.05, 4.69) is 4.98 Å². The van der Waals surface area contributed by atoms with Crippen LogP contribution in [0.25, 0.3) is 11.1 Å². The number of pyridine rings is 1. The average Bonchev–Trinajstić information content (AvgIpc) is 2.26. The van der Waals surface area contributed by atoms with Crippen LogP contribution in [0.15, 0.2) is 30.5 Å². The Hall–Kier alpha value is -1.32. The van der Waals surface area contributed by atoms with Crippen molar-refractivity contribution in [3.8, 4) is 11.1 Å². The number of anilines is 1. The Bertz CT molecular complexity index is 544. The van der Waals surface area contributed by atoms with Crippen molar-refractivity contribution in [1.29, 1.82) is 0 Å². The zero-order chi connectivity index (χ0) is 11.7. The standard InChI is InChI=1S/C11H7Cl2FN2/c12-7-1-2-9(13)8(4-7)6-3-10(15)11(14)16-5-6/h1-5H,15H2. The highest BCUT2D eigenvalue weighted by Gasteiger charge is 2.07. The maximum absolute atomic E-state index is 12.9. The molecule has 1 aromatic heterocycles. The minimum atomic E-state index is -0.693. The summed E-state index contributed by atoms with van der Waals surface area (Å²) in [5.41, 5.74) is 6.72. The number of aromatic nitrogens is 1. The van der Waals surface area contributed by atoms with Gasteiger partial charge in [0.2, 0.25) is 5.95 Å². The minimum Gasteiger partial charge on any atom is -0.395 e. The summed E-state index contributed by atoms with van der Waals surface area (Å²) >= 11 is 11.9. The quantitative estimate of drug-likeness (QED) is 0.789. The SMILES string of the molecule is Nc1cc(-c2cc(Cl)ccc2Cl)cnc1F. The molecule has 16 heavy (non-hydrogen) atoms. The van der Waals surface area contributed by atoms with E-state index < -0.39 is 5.95 Å². The molecule has 0 spiro atoms. The Morgan fingerprint density at radius 1 is 1.19 bits per heavy atom. The molecule has 1 heterocycles. The Kier molecular flexibility index (Phi) is 2.99. The van der Waals surface area contributed by atoms with Crippen LogP contribution in [0.4, 0.5) is 10.1 Å². The van der Waals surface area contributed by atoms with Crippen LogP contribution >= 0.6 is 23.2 Å². The van der Waals surface area contributed by atoms with Gasteiger partial charge >= 0.3 is 0 Å².